The molecular weight excluding hydrogens is 240 g/mol. The second-order valence-corrected chi connectivity index (χ2v) is 5.98. The Morgan fingerprint density at radius 2 is 2.21 bits per heavy atom. The van der Waals surface area contributed by atoms with Crippen molar-refractivity contribution < 1.29 is 9.53 Å². The number of carbonyl (C=O) groups excluding carboxylic acids is 1. The van der Waals surface area contributed by atoms with Crippen molar-refractivity contribution in [3.8, 4) is 5.75 Å². The molecule has 0 spiro atoms. The Morgan fingerprint density at radius 1 is 1.47 bits per heavy atom. The Kier molecular flexibility index (Phi) is 2.69. The SMILES string of the molecule is CC1Oc2ccc(NC(C)C3(C)CC3)cc2NC1=O. The van der Waals surface area contributed by atoms with Gasteiger partial charge in [-0.3, -0.25) is 4.79 Å². The quantitative estimate of drug-likeness (QED) is 0.878. The summed E-state index contributed by atoms with van der Waals surface area (Å²) in [6.45, 7) is 6.26. The largest absolute Gasteiger partial charge is 0.479 e. The molecule has 1 heterocycles. The molecule has 1 aromatic rings. The first-order valence-electron chi connectivity index (χ1n) is 6.86. The smallest absolute Gasteiger partial charge is 0.265 e. The maximum atomic E-state index is 11.6. The van der Waals surface area contributed by atoms with Crippen LogP contribution in [0.2, 0.25) is 0 Å². The van der Waals surface area contributed by atoms with Crippen molar-refractivity contribution in [2.24, 2.45) is 5.41 Å². The highest BCUT2D eigenvalue weighted by Gasteiger charge is 2.42. The Balaban J connectivity index is 1.78. The van der Waals surface area contributed by atoms with E-state index >= 15 is 0 Å². The highest BCUT2D eigenvalue weighted by Crippen LogP contribution is 2.49. The first-order valence-corrected chi connectivity index (χ1v) is 6.86. The van der Waals surface area contributed by atoms with Gasteiger partial charge in [-0.2, -0.15) is 0 Å². The number of ether oxygens (including phenoxy) is 1. The maximum absolute atomic E-state index is 11.6. The lowest BCUT2D eigenvalue weighted by atomic mass is 10.0. The fraction of sp³-hybridized carbons (Fsp3) is 0.533. The van der Waals surface area contributed by atoms with Gasteiger partial charge in [0.1, 0.15) is 5.75 Å². The van der Waals surface area contributed by atoms with Crippen molar-refractivity contribution in [3.05, 3.63) is 18.2 Å². The number of nitrogens with one attached hydrogen (secondary N) is 2. The van der Waals surface area contributed by atoms with E-state index < -0.39 is 6.10 Å². The van der Waals surface area contributed by atoms with Crippen molar-refractivity contribution in [2.75, 3.05) is 10.6 Å². The summed E-state index contributed by atoms with van der Waals surface area (Å²) in [6, 6.07) is 6.30. The lowest BCUT2D eigenvalue weighted by molar-refractivity contribution is -0.122. The zero-order valence-corrected chi connectivity index (χ0v) is 11.6. The van der Waals surface area contributed by atoms with Gasteiger partial charge >= 0.3 is 0 Å². The zero-order valence-electron chi connectivity index (χ0n) is 11.6. The summed E-state index contributed by atoms with van der Waals surface area (Å²) in [5.74, 6) is 0.648. The minimum absolute atomic E-state index is 0.0909. The van der Waals surface area contributed by atoms with Crippen LogP contribution in [0.4, 0.5) is 11.4 Å². The van der Waals surface area contributed by atoms with Gasteiger partial charge in [-0.1, -0.05) is 6.92 Å². The lowest BCUT2D eigenvalue weighted by Gasteiger charge is -2.26. The van der Waals surface area contributed by atoms with Crippen molar-refractivity contribution in [1.82, 2.24) is 0 Å². The normalized spacial score (nSPS) is 24.8. The highest BCUT2D eigenvalue weighted by molar-refractivity contribution is 5.98. The molecule has 2 N–H and O–H groups in total. The zero-order chi connectivity index (χ0) is 13.6. The Bertz CT molecular complexity index is 523. The molecule has 4 nitrogen and oxygen atoms in total. The van der Waals surface area contributed by atoms with E-state index in [0.717, 1.165) is 17.1 Å². The third-order valence-electron chi connectivity index (χ3n) is 4.38. The second-order valence-electron chi connectivity index (χ2n) is 5.98. The average Bonchev–Trinajstić information content (AvgIpc) is 3.11. The van der Waals surface area contributed by atoms with Crippen molar-refractivity contribution in [2.45, 2.75) is 45.8 Å². The fourth-order valence-electron chi connectivity index (χ4n) is 2.35. The van der Waals surface area contributed by atoms with Crippen LogP contribution in [0.5, 0.6) is 5.75 Å². The molecule has 0 radical (unpaired) electrons. The van der Waals surface area contributed by atoms with Crippen LogP contribution in [-0.4, -0.2) is 18.1 Å². The molecule has 1 amide bonds. The number of hydrogen-bond acceptors (Lipinski definition) is 3. The molecular formula is C15H20N2O2. The van der Waals surface area contributed by atoms with Crippen LogP contribution in [0.3, 0.4) is 0 Å². The average molecular weight is 260 g/mol. The van der Waals surface area contributed by atoms with Crippen molar-refractivity contribution in [1.29, 1.82) is 0 Å². The minimum atomic E-state index is -0.421. The first kappa shape index (κ1) is 12.3. The van der Waals surface area contributed by atoms with Gasteiger partial charge in [0.05, 0.1) is 5.69 Å². The third kappa shape index (κ3) is 2.27. The molecule has 1 aliphatic carbocycles. The van der Waals surface area contributed by atoms with Crippen LogP contribution in [-0.2, 0) is 4.79 Å². The highest BCUT2D eigenvalue weighted by atomic mass is 16.5. The molecule has 1 fully saturated rings. The molecule has 4 heteroatoms. The first-order chi connectivity index (χ1) is 8.98. The van der Waals surface area contributed by atoms with Crippen LogP contribution >= 0.6 is 0 Å². The van der Waals surface area contributed by atoms with Crippen LogP contribution in [0.1, 0.15) is 33.6 Å². The summed E-state index contributed by atoms with van der Waals surface area (Å²) in [7, 11) is 0. The van der Waals surface area contributed by atoms with Crippen LogP contribution in [0, 0.1) is 5.41 Å². The number of rotatable bonds is 3. The summed E-state index contributed by atoms with van der Waals surface area (Å²) >= 11 is 0. The van der Waals surface area contributed by atoms with Crippen LogP contribution < -0.4 is 15.4 Å². The Labute approximate surface area is 113 Å². The van der Waals surface area contributed by atoms with E-state index in [1.54, 1.807) is 6.92 Å². The molecule has 2 aliphatic rings. The van der Waals surface area contributed by atoms with Crippen LogP contribution in [0.15, 0.2) is 18.2 Å². The predicted molar refractivity (Wildman–Crippen MR) is 75.6 cm³/mol. The molecule has 3 rings (SSSR count). The third-order valence-corrected chi connectivity index (χ3v) is 4.38. The fourth-order valence-corrected chi connectivity index (χ4v) is 2.35. The lowest BCUT2D eigenvalue weighted by Crippen LogP contribution is -2.34. The molecule has 2 unspecified atom stereocenters. The van der Waals surface area contributed by atoms with E-state index in [2.05, 4.69) is 24.5 Å². The standard InChI is InChI=1S/C15H20N2O2/c1-9-14(18)17-12-8-11(4-5-13(12)19-9)16-10(2)15(3)6-7-15/h4-5,8-10,16H,6-7H2,1-3H3,(H,17,18). The second kappa shape index (κ2) is 4.15. The van der Waals surface area contributed by atoms with E-state index in [1.165, 1.54) is 12.8 Å². The summed E-state index contributed by atoms with van der Waals surface area (Å²) in [5, 5.41) is 6.39. The minimum Gasteiger partial charge on any atom is -0.479 e. The molecule has 0 saturated heterocycles. The number of hydrogen-bond donors (Lipinski definition) is 2. The van der Waals surface area contributed by atoms with Gasteiger partial charge in [0, 0.05) is 11.7 Å². The van der Waals surface area contributed by atoms with Gasteiger partial charge < -0.3 is 15.4 Å². The molecule has 0 aromatic heterocycles. The molecule has 102 valence electrons. The molecule has 1 aromatic carbocycles. The summed E-state index contributed by atoms with van der Waals surface area (Å²) in [4.78, 5) is 11.6. The van der Waals surface area contributed by atoms with Gasteiger partial charge in [0.15, 0.2) is 6.10 Å². The van der Waals surface area contributed by atoms with Gasteiger partial charge in [-0.25, -0.2) is 0 Å². The van der Waals surface area contributed by atoms with E-state index in [9.17, 15) is 4.79 Å². The van der Waals surface area contributed by atoms with Gasteiger partial charge in [-0.05, 0) is 50.3 Å². The van der Waals surface area contributed by atoms with E-state index in [1.807, 2.05) is 18.2 Å². The maximum Gasteiger partial charge on any atom is 0.265 e. The molecule has 2 atom stereocenters. The number of carbonyl (C=O) groups is 1. The van der Waals surface area contributed by atoms with Crippen LogP contribution in [0.25, 0.3) is 0 Å². The summed E-state index contributed by atoms with van der Waals surface area (Å²) in [6.07, 6.45) is 2.14. The van der Waals surface area contributed by atoms with Gasteiger partial charge in [0.25, 0.3) is 5.91 Å². The Morgan fingerprint density at radius 3 is 2.89 bits per heavy atom. The molecule has 0 bridgehead atoms. The van der Waals surface area contributed by atoms with E-state index in [-0.39, 0.29) is 5.91 Å². The Hall–Kier alpha value is -1.71. The number of anilines is 2. The molecule has 1 aliphatic heterocycles. The monoisotopic (exact) mass is 260 g/mol. The predicted octanol–water partition coefficient (Wildman–Crippen LogP) is 3.01. The molecule has 1 saturated carbocycles. The summed E-state index contributed by atoms with van der Waals surface area (Å²) < 4.78 is 5.54. The number of fused-ring (bicyclic) bond motifs is 1. The number of benzene rings is 1. The van der Waals surface area contributed by atoms with E-state index in [4.69, 9.17) is 4.74 Å². The van der Waals surface area contributed by atoms with Gasteiger partial charge in [0.2, 0.25) is 0 Å². The van der Waals surface area contributed by atoms with Crippen molar-refractivity contribution in [3.63, 3.8) is 0 Å². The topological polar surface area (TPSA) is 50.4 Å². The van der Waals surface area contributed by atoms with Crippen molar-refractivity contribution >= 4 is 17.3 Å². The molecule has 19 heavy (non-hydrogen) atoms. The van der Waals surface area contributed by atoms with E-state index in [0.29, 0.717) is 11.5 Å². The van der Waals surface area contributed by atoms with Gasteiger partial charge in [-0.15, -0.1) is 0 Å². The number of amides is 1. The summed E-state index contributed by atoms with van der Waals surface area (Å²) in [5.41, 5.74) is 2.20.